The molecule has 0 radical (unpaired) electrons. The summed E-state index contributed by atoms with van der Waals surface area (Å²) in [5.74, 6) is -0.195. The summed E-state index contributed by atoms with van der Waals surface area (Å²) in [7, 11) is 0. The molecule has 0 amide bonds. The van der Waals surface area contributed by atoms with Crippen molar-refractivity contribution >= 4 is 11.6 Å². The van der Waals surface area contributed by atoms with Gasteiger partial charge in [-0.3, -0.25) is 0 Å². The second-order valence-corrected chi connectivity index (χ2v) is 9.20. The molecule has 0 saturated carbocycles. The van der Waals surface area contributed by atoms with Crippen LogP contribution in [0, 0.1) is 56.7 Å². The highest BCUT2D eigenvalue weighted by Gasteiger charge is 2.54. The van der Waals surface area contributed by atoms with E-state index in [1.54, 1.807) is 12.1 Å². The van der Waals surface area contributed by atoms with E-state index >= 15 is 0 Å². The third-order valence-corrected chi connectivity index (χ3v) is 6.58. The summed E-state index contributed by atoms with van der Waals surface area (Å²) in [5.41, 5.74) is 6.90. The summed E-state index contributed by atoms with van der Waals surface area (Å²) in [6, 6.07) is 13.8. The zero-order valence-electron chi connectivity index (χ0n) is 16.3. The van der Waals surface area contributed by atoms with Crippen molar-refractivity contribution < 1.29 is 0 Å². The summed E-state index contributed by atoms with van der Waals surface area (Å²) < 4.78 is 0. The van der Waals surface area contributed by atoms with Gasteiger partial charge in [0.25, 0.3) is 0 Å². The predicted octanol–water partition coefficient (Wildman–Crippen LogP) is 5.21. The molecule has 0 aliphatic heterocycles. The van der Waals surface area contributed by atoms with Crippen molar-refractivity contribution in [2.75, 3.05) is 0 Å². The van der Waals surface area contributed by atoms with Gasteiger partial charge in [-0.1, -0.05) is 50.6 Å². The van der Waals surface area contributed by atoms with Gasteiger partial charge in [0, 0.05) is 10.9 Å². The number of fused-ring (bicyclic) bond motifs is 1. The van der Waals surface area contributed by atoms with E-state index in [-0.39, 0.29) is 17.0 Å². The van der Waals surface area contributed by atoms with Crippen molar-refractivity contribution in [2.45, 2.75) is 39.5 Å². The van der Waals surface area contributed by atoms with Crippen LogP contribution in [-0.2, 0) is 0 Å². The van der Waals surface area contributed by atoms with Gasteiger partial charge in [-0.15, -0.1) is 0 Å². The zero-order valence-corrected chi connectivity index (χ0v) is 17.1. The Morgan fingerprint density at radius 2 is 1.71 bits per heavy atom. The largest absolute Gasteiger partial charge is 0.399 e. The fraction of sp³-hybridized carbons (Fsp3) is 0.435. The molecular weight excluding hydrogens is 368 g/mol. The first-order valence-corrected chi connectivity index (χ1v) is 9.76. The van der Waals surface area contributed by atoms with Crippen LogP contribution >= 0.6 is 11.6 Å². The lowest BCUT2D eigenvalue weighted by Gasteiger charge is -2.47. The predicted molar refractivity (Wildman–Crippen MR) is 108 cm³/mol. The van der Waals surface area contributed by atoms with E-state index in [1.807, 2.05) is 12.1 Å². The lowest BCUT2D eigenvalue weighted by atomic mass is 9.54. The molecule has 0 saturated heterocycles. The SMILES string of the molecule is CC(C)(C)[C@H]1CC=C2C(C#N)=C(N)C(C#N)(C#N)[C@@H](c3ccc(Cl)cc3)[C@@H]2C1. The van der Waals surface area contributed by atoms with E-state index in [9.17, 15) is 15.8 Å². The Labute approximate surface area is 171 Å². The number of rotatable bonds is 1. The van der Waals surface area contributed by atoms with Gasteiger partial charge in [0.05, 0.1) is 23.4 Å². The molecule has 142 valence electrons. The number of nitrogens with two attached hydrogens (primary N) is 1. The smallest absolute Gasteiger partial charge is 0.191 e. The minimum absolute atomic E-state index is 0.0664. The highest BCUT2D eigenvalue weighted by Crippen LogP contribution is 2.57. The zero-order chi connectivity index (χ0) is 20.7. The maximum Gasteiger partial charge on any atom is 0.191 e. The van der Waals surface area contributed by atoms with Crippen LogP contribution in [0.5, 0.6) is 0 Å². The molecule has 0 aromatic heterocycles. The van der Waals surface area contributed by atoms with Gasteiger partial charge in [-0.2, -0.15) is 15.8 Å². The molecule has 28 heavy (non-hydrogen) atoms. The minimum atomic E-state index is -1.58. The van der Waals surface area contributed by atoms with E-state index in [0.717, 1.165) is 24.0 Å². The normalized spacial score (nSPS) is 26.3. The van der Waals surface area contributed by atoms with E-state index in [4.69, 9.17) is 17.3 Å². The van der Waals surface area contributed by atoms with Crippen molar-refractivity contribution in [3.8, 4) is 18.2 Å². The standard InChI is InChI=1S/C23H23ClN4/c1-22(2,3)15-6-9-17-18(10-15)20(14-4-7-16(24)8-5-14)23(12-26,13-27)21(28)19(17)11-25/h4-5,7-9,15,18,20H,6,10,28H2,1-3H3/t15-,18+,20-/m0/s1. The summed E-state index contributed by atoms with van der Waals surface area (Å²) in [6.45, 7) is 6.61. The van der Waals surface area contributed by atoms with Gasteiger partial charge < -0.3 is 5.73 Å². The number of nitriles is 3. The molecular formula is C23H23ClN4. The van der Waals surface area contributed by atoms with Crippen LogP contribution in [0.3, 0.4) is 0 Å². The molecule has 2 N–H and O–H groups in total. The Kier molecular flexibility index (Phi) is 5.01. The van der Waals surface area contributed by atoms with E-state index < -0.39 is 11.3 Å². The van der Waals surface area contributed by atoms with Gasteiger partial charge in [0.15, 0.2) is 5.41 Å². The molecule has 0 fully saturated rings. The van der Waals surface area contributed by atoms with Crippen LogP contribution in [-0.4, -0.2) is 0 Å². The fourth-order valence-electron chi connectivity index (χ4n) is 4.64. The molecule has 1 aromatic rings. The third-order valence-electron chi connectivity index (χ3n) is 6.33. The topological polar surface area (TPSA) is 97.4 Å². The first-order chi connectivity index (χ1) is 13.2. The number of allylic oxidation sites excluding steroid dienone is 4. The third kappa shape index (κ3) is 2.97. The summed E-state index contributed by atoms with van der Waals surface area (Å²) >= 11 is 6.07. The molecule has 0 spiro atoms. The highest BCUT2D eigenvalue weighted by molar-refractivity contribution is 6.30. The first kappa shape index (κ1) is 20.0. The van der Waals surface area contributed by atoms with Crippen LogP contribution < -0.4 is 5.73 Å². The van der Waals surface area contributed by atoms with Crippen LogP contribution in [0.2, 0.25) is 5.02 Å². The van der Waals surface area contributed by atoms with Crippen molar-refractivity contribution in [1.82, 2.24) is 0 Å². The molecule has 4 nitrogen and oxygen atoms in total. The van der Waals surface area contributed by atoms with Gasteiger partial charge in [-0.05, 0) is 53.4 Å². The fourth-order valence-corrected chi connectivity index (χ4v) is 4.77. The molecule has 1 aromatic carbocycles. The van der Waals surface area contributed by atoms with Crippen LogP contribution in [0.4, 0.5) is 0 Å². The minimum Gasteiger partial charge on any atom is -0.399 e. The second-order valence-electron chi connectivity index (χ2n) is 8.76. The lowest BCUT2D eigenvalue weighted by Crippen LogP contribution is -2.44. The monoisotopic (exact) mass is 390 g/mol. The van der Waals surface area contributed by atoms with E-state index in [0.29, 0.717) is 16.5 Å². The molecule has 0 heterocycles. The number of halogens is 1. The van der Waals surface area contributed by atoms with Gasteiger partial charge >= 0.3 is 0 Å². The summed E-state index contributed by atoms with van der Waals surface area (Å²) in [5, 5.41) is 30.5. The Balaban J connectivity index is 2.29. The molecule has 0 bridgehead atoms. The number of hydrogen-bond donors (Lipinski definition) is 1. The Morgan fingerprint density at radius 3 is 2.21 bits per heavy atom. The van der Waals surface area contributed by atoms with Crippen LogP contribution in [0.15, 0.2) is 47.2 Å². The van der Waals surface area contributed by atoms with Crippen molar-refractivity contribution in [3.63, 3.8) is 0 Å². The van der Waals surface area contributed by atoms with Crippen LogP contribution in [0.25, 0.3) is 0 Å². The quantitative estimate of drug-likeness (QED) is 0.711. The van der Waals surface area contributed by atoms with Gasteiger partial charge in [0.2, 0.25) is 0 Å². The summed E-state index contributed by atoms with van der Waals surface area (Å²) in [6.07, 6.45) is 3.75. The number of hydrogen-bond acceptors (Lipinski definition) is 4. The lowest BCUT2D eigenvalue weighted by molar-refractivity contribution is 0.170. The van der Waals surface area contributed by atoms with E-state index in [2.05, 4.69) is 45.1 Å². The summed E-state index contributed by atoms with van der Waals surface area (Å²) in [4.78, 5) is 0. The van der Waals surface area contributed by atoms with Gasteiger partial charge in [0.1, 0.15) is 6.07 Å². The number of nitrogens with zero attached hydrogens (tertiary/aromatic N) is 3. The van der Waals surface area contributed by atoms with Crippen molar-refractivity contribution in [1.29, 1.82) is 15.8 Å². The Hall–Kier alpha value is -2.74. The molecule has 3 atom stereocenters. The molecule has 2 aliphatic rings. The molecule has 3 rings (SSSR count). The molecule has 0 unspecified atom stereocenters. The van der Waals surface area contributed by atoms with Gasteiger partial charge in [-0.25, -0.2) is 0 Å². The van der Waals surface area contributed by atoms with Crippen molar-refractivity contribution in [2.24, 2.45) is 28.4 Å². The molecule has 5 heteroatoms. The van der Waals surface area contributed by atoms with Crippen molar-refractivity contribution in [3.05, 3.63) is 57.8 Å². The average Bonchev–Trinajstić information content (AvgIpc) is 2.67. The van der Waals surface area contributed by atoms with E-state index in [1.165, 1.54) is 0 Å². The molecule has 2 aliphatic carbocycles. The number of benzene rings is 1. The first-order valence-electron chi connectivity index (χ1n) is 9.38. The maximum absolute atomic E-state index is 10.1. The van der Waals surface area contributed by atoms with Crippen LogP contribution in [0.1, 0.15) is 45.1 Å². The maximum atomic E-state index is 10.1. The highest BCUT2D eigenvalue weighted by atomic mass is 35.5. The second kappa shape index (κ2) is 7.01. The average molecular weight is 391 g/mol. The Bertz CT molecular complexity index is 960. The Morgan fingerprint density at radius 1 is 1.11 bits per heavy atom.